The molecule has 0 unspecified atom stereocenters. The highest BCUT2D eigenvalue weighted by atomic mass is 35.7. The number of benzene rings is 1. The van der Waals surface area contributed by atoms with Crippen molar-refractivity contribution in [3.05, 3.63) is 48.5 Å². The summed E-state index contributed by atoms with van der Waals surface area (Å²) in [6, 6.07) is 16.8. The van der Waals surface area contributed by atoms with Gasteiger partial charge < -0.3 is 4.98 Å². The molecule has 0 saturated heterocycles. The van der Waals surface area contributed by atoms with E-state index in [1.165, 1.54) is 22.2 Å². The Hall–Kier alpha value is -1.63. The largest absolute Gasteiger partial charge is 0.355 e. The van der Waals surface area contributed by atoms with Crippen LogP contribution in [-0.4, -0.2) is 9.64 Å². The normalized spacial score (nSPS) is 11.3. The van der Waals surface area contributed by atoms with E-state index in [0.717, 1.165) is 0 Å². The van der Waals surface area contributed by atoms with Gasteiger partial charge in [-0.3, -0.25) is 0 Å². The molecule has 0 saturated carbocycles. The number of aromatic nitrogens is 1. The average Bonchev–Trinajstić information content (AvgIpc) is 2.70. The van der Waals surface area contributed by atoms with Crippen LogP contribution in [0, 0.1) is 10.2 Å². The van der Waals surface area contributed by atoms with Gasteiger partial charge in [0, 0.05) is 11.2 Å². The van der Waals surface area contributed by atoms with Crippen molar-refractivity contribution in [2.75, 3.05) is 0 Å². The van der Waals surface area contributed by atoms with Gasteiger partial charge >= 0.3 is 0 Å². The molecule has 18 heavy (non-hydrogen) atoms. The SMILES string of the molecule is [O-][Cl+3]([O-])([O-])O.c1cc2cc3ccccc3[nH]c-2c1. The second-order valence-electron chi connectivity index (χ2n) is 3.65. The quantitative estimate of drug-likeness (QED) is 0.553. The number of rotatable bonds is 0. The molecule has 5 nitrogen and oxygen atoms in total. The molecule has 1 aromatic carbocycles. The van der Waals surface area contributed by atoms with Gasteiger partial charge in [0.15, 0.2) is 0 Å². The van der Waals surface area contributed by atoms with Crippen molar-refractivity contribution in [2.24, 2.45) is 0 Å². The number of hydrogen-bond donors (Lipinski definition) is 2. The Balaban J connectivity index is 0.000000209. The molecule has 0 fully saturated rings. The lowest BCUT2D eigenvalue weighted by Crippen LogP contribution is -2.58. The summed E-state index contributed by atoms with van der Waals surface area (Å²) in [4.78, 5) is 3.39. The lowest BCUT2D eigenvalue weighted by Gasteiger charge is -2.03. The third-order valence-electron chi connectivity index (χ3n) is 2.39. The monoisotopic (exact) mass is 267 g/mol. The Morgan fingerprint density at radius 2 is 1.61 bits per heavy atom. The maximum atomic E-state index is 8.60. The van der Waals surface area contributed by atoms with E-state index in [1.807, 2.05) is 6.07 Å². The zero-order valence-electron chi connectivity index (χ0n) is 9.17. The van der Waals surface area contributed by atoms with E-state index in [1.54, 1.807) is 0 Å². The Bertz CT molecular complexity index is 564. The van der Waals surface area contributed by atoms with Crippen molar-refractivity contribution in [1.29, 1.82) is 0 Å². The summed E-state index contributed by atoms with van der Waals surface area (Å²) >= 11 is 0. The van der Waals surface area contributed by atoms with Crippen molar-refractivity contribution in [3.8, 4) is 11.3 Å². The van der Waals surface area contributed by atoms with Crippen molar-refractivity contribution >= 4 is 10.9 Å². The zero-order chi connectivity index (χ0) is 13.2. The number of nitrogens with one attached hydrogen (secondary N) is 1. The minimum Gasteiger partial charge on any atom is -0.355 e. The van der Waals surface area contributed by atoms with Gasteiger partial charge in [-0.2, -0.15) is 14.0 Å². The molecular weight excluding hydrogens is 258 g/mol. The van der Waals surface area contributed by atoms with Crippen molar-refractivity contribution in [1.82, 2.24) is 4.98 Å². The highest BCUT2D eigenvalue weighted by Gasteiger charge is 2.02. The lowest BCUT2D eigenvalue weighted by atomic mass is 10.1. The van der Waals surface area contributed by atoms with Gasteiger partial charge in [-0.25, -0.2) is 0 Å². The Labute approximate surface area is 105 Å². The summed E-state index contributed by atoms with van der Waals surface area (Å²) in [6.07, 6.45) is 0. The molecule has 1 aliphatic carbocycles. The first-order valence-electron chi connectivity index (χ1n) is 5.03. The number of hydrogen-bond acceptors (Lipinski definition) is 4. The summed E-state index contributed by atoms with van der Waals surface area (Å²) in [5.74, 6) is 0. The fourth-order valence-electron chi connectivity index (χ4n) is 1.72. The molecule has 1 heterocycles. The Morgan fingerprint density at radius 3 is 2.33 bits per heavy atom. The fraction of sp³-hybridized carbons (Fsp3) is 0. The van der Waals surface area contributed by atoms with E-state index in [0.29, 0.717) is 0 Å². The minimum absolute atomic E-state index is 1.20. The molecule has 2 aliphatic rings. The molecule has 0 amide bonds. The van der Waals surface area contributed by atoms with Gasteiger partial charge in [0.1, 0.15) is 0 Å². The standard InChI is InChI=1S/C12H9N.ClHO4/c1-2-6-11-9(4-1)8-10-5-3-7-12(10)13-11;2-1(3,4)5/h1-8,13H;(H,2,3,4,5). The average molecular weight is 268 g/mol. The highest BCUT2D eigenvalue weighted by molar-refractivity contribution is 5.85. The number of pyridine rings is 1. The molecule has 0 aromatic heterocycles. The van der Waals surface area contributed by atoms with E-state index in [-0.39, 0.29) is 0 Å². The first-order chi connectivity index (χ1) is 8.43. The molecule has 6 heteroatoms. The van der Waals surface area contributed by atoms with Crippen LogP contribution in [0.1, 0.15) is 0 Å². The molecule has 0 radical (unpaired) electrons. The number of aromatic amines is 1. The first-order valence-corrected chi connectivity index (χ1v) is 6.29. The van der Waals surface area contributed by atoms with Crippen LogP contribution in [0.2, 0.25) is 0 Å². The van der Waals surface area contributed by atoms with Crippen molar-refractivity contribution < 1.29 is 28.9 Å². The molecule has 0 spiro atoms. The van der Waals surface area contributed by atoms with Crippen molar-refractivity contribution in [2.45, 2.75) is 0 Å². The van der Waals surface area contributed by atoms with Gasteiger partial charge in [-0.05, 0) is 29.1 Å². The topological polar surface area (TPSA) is 105 Å². The Kier molecular flexibility index (Phi) is 3.51. The third kappa shape index (κ3) is 3.43. The predicted octanol–water partition coefficient (Wildman–Crippen LogP) is -0.851. The number of halogens is 1. The van der Waals surface area contributed by atoms with E-state index in [2.05, 4.69) is 47.4 Å². The van der Waals surface area contributed by atoms with Gasteiger partial charge in [0.25, 0.3) is 0 Å². The van der Waals surface area contributed by atoms with Crippen molar-refractivity contribution in [3.63, 3.8) is 0 Å². The van der Waals surface area contributed by atoms with E-state index in [9.17, 15) is 0 Å². The molecule has 94 valence electrons. The fourth-order valence-corrected chi connectivity index (χ4v) is 1.72. The minimum atomic E-state index is -4.69. The molecule has 2 N–H and O–H groups in total. The molecule has 0 atom stereocenters. The van der Waals surface area contributed by atoms with Crippen LogP contribution in [0.25, 0.3) is 22.2 Å². The molecule has 0 bridgehead atoms. The van der Waals surface area contributed by atoms with E-state index < -0.39 is 10.2 Å². The molecule has 3 rings (SSSR count). The summed E-state index contributed by atoms with van der Waals surface area (Å²) < 4.78 is 32.7. The number of H-pyrrole nitrogens is 1. The maximum absolute atomic E-state index is 8.60. The smallest absolute Gasteiger partial charge is 0.0777 e. The summed E-state index contributed by atoms with van der Waals surface area (Å²) in [7, 11) is -4.69. The summed E-state index contributed by atoms with van der Waals surface area (Å²) in [5, 5.41) is 1.27. The van der Waals surface area contributed by atoms with Crippen LogP contribution in [0.3, 0.4) is 0 Å². The molecule has 1 aromatic rings. The lowest BCUT2D eigenvalue weighted by molar-refractivity contribution is -1.92. The van der Waals surface area contributed by atoms with Crippen LogP contribution < -0.4 is 14.0 Å². The maximum Gasteiger partial charge on any atom is 0.0777 e. The summed E-state index contributed by atoms with van der Waals surface area (Å²) in [6.45, 7) is 0. The van der Waals surface area contributed by atoms with E-state index >= 15 is 0 Å². The second-order valence-corrected chi connectivity index (χ2v) is 4.44. The number of fused-ring (bicyclic) bond motifs is 2. The van der Waals surface area contributed by atoms with Crippen LogP contribution in [0.5, 0.6) is 0 Å². The van der Waals surface area contributed by atoms with Crippen LogP contribution in [0.4, 0.5) is 0 Å². The van der Waals surface area contributed by atoms with Gasteiger partial charge in [0.2, 0.25) is 0 Å². The zero-order valence-corrected chi connectivity index (χ0v) is 9.92. The molecule has 1 aliphatic heterocycles. The first kappa shape index (κ1) is 12.8. The predicted molar refractivity (Wildman–Crippen MR) is 57.1 cm³/mol. The van der Waals surface area contributed by atoms with Gasteiger partial charge in [-0.1, -0.05) is 30.3 Å². The summed E-state index contributed by atoms with van der Waals surface area (Å²) in [5.41, 5.74) is 3.68. The number of para-hydroxylation sites is 1. The third-order valence-corrected chi connectivity index (χ3v) is 2.39. The van der Waals surface area contributed by atoms with Crippen LogP contribution >= 0.6 is 0 Å². The van der Waals surface area contributed by atoms with Crippen LogP contribution in [-0.2, 0) is 0 Å². The van der Waals surface area contributed by atoms with Gasteiger partial charge in [-0.15, -0.1) is 0 Å². The van der Waals surface area contributed by atoms with Gasteiger partial charge in [0.05, 0.1) is 14.9 Å². The van der Waals surface area contributed by atoms with Crippen LogP contribution in [0.15, 0.2) is 48.5 Å². The highest BCUT2D eigenvalue weighted by Crippen LogP contribution is 2.24. The van der Waals surface area contributed by atoms with E-state index in [4.69, 9.17) is 18.6 Å². The Morgan fingerprint density at radius 1 is 0.944 bits per heavy atom. The molecular formula is C12H10ClNO4. The second kappa shape index (κ2) is 4.93.